The quantitative estimate of drug-likeness (QED) is 0.320. The lowest BCUT2D eigenvalue weighted by atomic mass is 10.1. The lowest BCUT2D eigenvalue weighted by Gasteiger charge is -2.16. The van der Waals surface area contributed by atoms with Crippen molar-refractivity contribution in [1.29, 1.82) is 0 Å². The number of rotatable bonds is 13. The van der Waals surface area contributed by atoms with E-state index in [4.69, 9.17) is 4.74 Å². The fraction of sp³-hybridized carbons (Fsp3) is 0.941. The Morgan fingerprint density at radius 2 is 1.42 bits per heavy atom. The van der Waals surface area contributed by atoms with Gasteiger partial charge in [-0.1, -0.05) is 65.7 Å². The van der Waals surface area contributed by atoms with E-state index in [0.717, 1.165) is 32.1 Å². The zero-order valence-electron chi connectivity index (χ0n) is 13.4. The number of ether oxygens (including phenoxy) is 1. The molecule has 1 unspecified atom stereocenters. The SMILES string of the molecule is CCCCCCCCC(CC)OC(=O)CCCCC. The van der Waals surface area contributed by atoms with Crippen LogP contribution in [0.25, 0.3) is 0 Å². The Labute approximate surface area is 120 Å². The van der Waals surface area contributed by atoms with Crippen molar-refractivity contribution in [3.05, 3.63) is 0 Å². The minimum atomic E-state index is 0.00582. The van der Waals surface area contributed by atoms with Gasteiger partial charge >= 0.3 is 5.97 Å². The third-order valence-electron chi connectivity index (χ3n) is 3.62. The molecular formula is C17H34O2. The number of esters is 1. The minimum absolute atomic E-state index is 0.00582. The van der Waals surface area contributed by atoms with Crippen LogP contribution in [0.1, 0.15) is 97.8 Å². The van der Waals surface area contributed by atoms with Crippen LogP contribution < -0.4 is 0 Å². The monoisotopic (exact) mass is 270 g/mol. The molecule has 0 aromatic carbocycles. The van der Waals surface area contributed by atoms with E-state index < -0.39 is 0 Å². The summed E-state index contributed by atoms with van der Waals surface area (Å²) in [5, 5.41) is 0. The van der Waals surface area contributed by atoms with Gasteiger partial charge in [0.1, 0.15) is 6.10 Å². The number of carbonyl (C=O) groups is 1. The molecule has 0 amide bonds. The van der Waals surface area contributed by atoms with Gasteiger partial charge in [-0.2, -0.15) is 0 Å². The van der Waals surface area contributed by atoms with Crippen LogP contribution >= 0.6 is 0 Å². The lowest BCUT2D eigenvalue weighted by molar-refractivity contribution is -0.149. The topological polar surface area (TPSA) is 26.3 Å². The van der Waals surface area contributed by atoms with E-state index in [1.165, 1.54) is 38.5 Å². The molecule has 19 heavy (non-hydrogen) atoms. The highest BCUT2D eigenvalue weighted by Gasteiger charge is 2.11. The number of hydrogen-bond donors (Lipinski definition) is 0. The smallest absolute Gasteiger partial charge is 0.306 e. The Kier molecular flexibility index (Phi) is 13.5. The van der Waals surface area contributed by atoms with Crippen LogP contribution in [-0.4, -0.2) is 12.1 Å². The zero-order valence-corrected chi connectivity index (χ0v) is 13.4. The van der Waals surface area contributed by atoms with E-state index in [9.17, 15) is 4.79 Å². The fourth-order valence-electron chi connectivity index (χ4n) is 2.26. The number of unbranched alkanes of at least 4 members (excludes halogenated alkanes) is 7. The molecule has 0 N–H and O–H groups in total. The van der Waals surface area contributed by atoms with E-state index in [1.54, 1.807) is 0 Å². The van der Waals surface area contributed by atoms with Crippen molar-refractivity contribution in [3.63, 3.8) is 0 Å². The van der Waals surface area contributed by atoms with Gasteiger partial charge in [-0.05, 0) is 25.7 Å². The molecule has 0 aliphatic rings. The van der Waals surface area contributed by atoms with Crippen molar-refractivity contribution < 1.29 is 9.53 Å². The Balaban J connectivity index is 3.56. The van der Waals surface area contributed by atoms with Crippen molar-refractivity contribution in [1.82, 2.24) is 0 Å². The molecule has 0 radical (unpaired) electrons. The van der Waals surface area contributed by atoms with Crippen LogP contribution in [0.3, 0.4) is 0 Å². The summed E-state index contributed by atoms with van der Waals surface area (Å²) in [5.41, 5.74) is 0. The molecule has 0 aromatic rings. The first-order valence-corrected chi connectivity index (χ1v) is 8.44. The molecule has 0 aromatic heterocycles. The van der Waals surface area contributed by atoms with Gasteiger partial charge in [-0.15, -0.1) is 0 Å². The molecule has 0 heterocycles. The molecule has 0 saturated heterocycles. The van der Waals surface area contributed by atoms with Crippen molar-refractivity contribution >= 4 is 5.97 Å². The van der Waals surface area contributed by atoms with Gasteiger partial charge in [0.05, 0.1) is 0 Å². The van der Waals surface area contributed by atoms with Crippen LogP contribution in [0.4, 0.5) is 0 Å². The maximum absolute atomic E-state index is 11.6. The standard InChI is InChI=1S/C17H34O2/c1-4-7-9-10-11-13-14-16(6-3)19-17(18)15-12-8-5-2/h16H,4-15H2,1-3H3. The first-order valence-electron chi connectivity index (χ1n) is 8.44. The highest BCUT2D eigenvalue weighted by molar-refractivity contribution is 5.69. The van der Waals surface area contributed by atoms with E-state index >= 15 is 0 Å². The molecule has 2 heteroatoms. The average molecular weight is 270 g/mol. The van der Waals surface area contributed by atoms with Crippen LogP contribution in [0, 0.1) is 0 Å². The second kappa shape index (κ2) is 13.9. The third-order valence-corrected chi connectivity index (χ3v) is 3.62. The molecule has 114 valence electrons. The Morgan fingerprint density at radius 1 is 0.842 bits per heavy atom. The van der Waals surface area contributed by atoms with Crippen LogP contribution in [-0.2, 0) is 9.53 Å². The summed E-state index contributed by atoms with van der Waals surface area (Å²) in [6.07, 6.45) is 13.8. The van der Waals surface area contributed by atoms with Gasteiger partial charge in [0.15, 0.2) is 0 Å². The van der Waals surface area contributed by atoms with E-state index in [0.29, 0.717) is 6.42 Å². The Morgan fingerprint density at radius 3 is 2.05 bits per heavy atom. The predicted octanol–water partition coefficient (Wildman–Crippen LogP) is 5.64. The number of carbonyl (C=O) groups excluding carboxylic acids is 1. The molecule has 0 aliphatic heterocycles. The summed E-state index contributed by atoms with van der Waals surface area (Å²) < 4.78 is 5.54. The van der Waals surface area contributed by atoms with Crippen molar-refractivity contribution in [2.24, 2.45) is 0 Å². The summed E-state index contributed by atoms with van der Waals surface area (Å²) in [7, 11) is 0. The average Bonchev–Trinajstić information content (AvgIpc) is 2.41. The molecule has 0 aliphatic carbocycles. The van der Waals surface area contributed by atoms with E-state index in [1.807, 2.05) is 0 Å². The summed E-state index contributed by atoms with van der Waals surface area (Å²) >= 11 is 0. The molecule has 0 saturated carbocycles. The van der Waals surface area contributed by atoms with Gasteiger partial charge in [0.25, 0.3) is 0 Å². The minimum Gasteiger partial charge on any atom is -0.462 e. The van der Waals surface area contributed by atoms with E-state index in [2.05, 4.69) is 20.8 Å². The van der Waals surface area contributed by atoms with Crippen LogP contribution in [0.15, 0.2) is 0 Å². The molecule has 1 atom stereocenters. The zero-order chi connectivity index (χ0) is 14.3. The fourth-order valence-corrected chi connectivity index (χ4v) is 2.26. The third kappa shape index (κ3) is 12.3. The lowest BCUT2D eigenvalue weighted by Crippen LogP contribution is -2.17. The Bertz CT molecular complexity index is 201. The van der Waals surface area contributed by atoms with Crippen LogP contribution in [0.2, 0.25) is 0 Å². The van der Waals surface area contributed by atoms with Crippen molar-refractivity contribution in [2.75, 3.05) is 0 Å². The van der Waals surface area contributed by atoms with Gasteiger partial charge in [0, 0.05) is 6.42 Å². The normalized spacial score (nSPS) is 12.4. The second-order valence-corrected chi connectivity index (χ2v) is 5.53. The Hall–Kier alpha value is -0.530. The summed E-state index contributed by atoms with van der Waals surface area (Å²) in [5.74, 6) is 0.00582. The van der Waals surface area contributed by atoms with Gasteiger partial charge in [-0.3, -0.25) is 4.79 Å². The van der Waals surface area contributed by atoms with Crippen molar-refractivity contribution in [2.45, 2.75) is 104 Å². The van der Waals surface area contributed by atoms with Crippen LogP contribution in [0.5, 0.6) is 0 Å². The van der Waals surface area contributed by atoms with Gasteiger partial charge in [-0.25, -0.2) is 0 Å². The van der Waals surface area contributed by atoms with Gasteiger partial charge < -0.3 is 4.74 Å². The predicted molar refractivity (Wildman–Crippen MR) is 82.3 cm³/mol. The molecule has 0 bridgehead atoms. The maximum Gasteiger partial charge on any atom is 0.306 e. The van der Waals surface area contributed by atoms with Crippen molar-refractivity contribution in [3.8, 4) is 0 Å². The molecule has 0 rings (SSSR count). The summed E-state index contributed by atoms with van der Waals surface area (Å²) in [6.45, 7) is 6.50. The first kappa shape index (κ1) is 18.5. The second-order valence-electron chi connectivity index (χ2n) is 5.53. The highest BCUT2D eigenvalue weighted by atomic mass is 16.5. The summed E-state index contributed by atoms with van der Waals surface area (Å²) in [4.78, 5) is 11.6. The molecule has 0 spiro atoms. The molecular weight excluding hydrogens is 236 g/mol. The molecule has 0 fully saturated rings. The van der Waals surface area contributed by atoms with E-state index in [-0.39, 0.29) is 12.1 Å². The first-order chi connectivity index (χ1) is 9.24. The molecule has 2 nitrogen and oxygen atoms in total. The largest absolute Gasteiger partial charge is 0.462 e. The van der Waals surface area contributed by atoms with Gasteiger partial charge in [0.2, 0.25) is 0 Å². The maximum atomic E-state index is 11.6. The highest BCUT2D eigenvalue weighted by Crippen LogP contribution is 2.13. The summed E-state index contributed by atoms with van der Waals surface area (Å²) in [6, 6.07) is 0. The number of hydrogen-bond acceptors (Lipinski definition) is 2.